The number of carbonyl (C=O) groups excluding carboxylic acids is 2. The van der Waals surface area contributed by atoms with Crippen LogP contribution < -0.4 is 21.7 Å². The molecular weight excluding hydrogens is 346 g/mol. The molecule has 1 aromatic heterocycles. The number of aryl methyl sites for hydroxylation is 2. The van der Waals surface area contributed by atoms with Gasteiger partial charge in [0, 0.05) is 0 Å². The molecule has 1 saturated heterocycles. The Morgan fingerprint density at radius 2 is 1.92 bits per heavy atom. The number of benzene rings is 1. The number of hydrogen-bond donors (Lipinski definition) is 3. The van der Waals surface area contributed by atoms with Crippen molar-refractivity contribution in [3.05, 3.63) is 56.0 Å². The van der Waals surface area contributed by atoms with Crippen LogP contribution in [0.25, 0.3) is 6.08 Å². The fourth-order valence-corrected chi connectivity index (χ4v) is 2.58. The lowest BCUT2D eigenvalue weighted by Gasteiger charge is -2.15. The predicted octanol–water partition coefficient (Wildman–Crippen LogP) is 1.08. The predicted molar refractivity (Wildman–Crippen MR) is 93.8 cm³/mol. The Morgan fingerprint density at radius 1 is 1.20 bits per heavy atom. The number of halogens is 1. The second-order valence-electron chi connectivity index (χ2n) is 5.56. The van der Waals surface area contributed by atoms with E-state index < -0.39 is 17.4 Å². The van der Waals surface area contributed by atoms with Crippen LogP contribution in [0.3, 0.4) is 0 Å². The highest BCUT2D eigenvalue weighted by Crippen LogP contribution is 2.24. The fourth-order valence-electron chi connectivity index (χ4n) is 2.34. The molecule has 25 heavy (non-hydrogen) atoms. The number of aromatic amines is 1. The van der Waals surface area contributed by atoms with Gasteiger partial charge in [0.25, 0.3) is 17.4 Å². The zero-order chi connectivity index (χ0) is 18.3. The van der Waals surface area contributed by atoms with Gasteiger partial charge in [-0.3, -0.25) is 24.8 Å². The van der Waals surface area contributed by atoms with Crippen LogP contribution in [0.4, 0.5) is 11.6 Å². The van der Waals surface area contributed by atoms with E-state index in [2.05, 4.69) is 15.4 Å². The van der Waals surface area contributed by atoms with Crippen molar-refractivity contribution >= 4 is 41.1 Å². The van der Waals surface area contributed by atoms with Gasteiger partial charge in [-0.25, -0.2) is 9.99 Å². The third-order valence-corrected chi connectivity index (χ3v) is 4.14. The van der Waals surface area contributed by atoms with E-state index in [1.54, 1.807) is 12.1 Å². The molecule has 0 aliphatic carbocycles. The van der Waals surface area contributed by atoms with E-state index >= 15 is 0 Å². The zero-order valence-corrected chi connectivity index (χ0v) is 14.1. The zero-order valence-electron chi connectivity index (χ0n) is 13.4. The molecule has 9 heteroatoms. The van der Waals surface area contributed by atoms with Crippen molar-refractivity contribution in [2.45, 2.75) is 13.8 Å². The van der Waals surface area contributed by atoms with Gasteiger partial charge in [0.1, 0.15) is 10.7 Å². The summed E-state index contributed by atoms with van der Waals surface area (Å²) in [6, 6.07) is 5.34. The Labute approximate surface area is 147 Å². The van der Waals surface area contributed by atoms with Gasteiger partial charge in [0.15, 0.2) is 0 Å². The van der Waals surface area contributed by atoms with Crippen molar-refractivity contribution in [2.75, 3.05) is 10.7 Å². The van der Waals surface area contributed by atoms with E-state index in [9.17, 15) is 14.4 Å². The molecule has 8 nitrogen and oxygen atoms in total. The molecular formula is C16H14ClN5O3. The van der Waals surface area contributed by atoms with Crippen LogP contribution in [0.5, 0.6) is 0 Å². The topological polar surface area (TPSA) is 121 Å². The van der Waals surface area contributed by atoms with Crippen molar-refractivity contribution < 1.29 is 9.59 Å². The third-order valence-electron chi connectivity index (χ3n) is 3.86. The van der Waals surface area contributed by atoms with Crippen LogP contribution in [0.15, 0.2) is 28.6 Å². The number of aromatic nitrogens is 2. The molecule has 128 valence electrons. The Bertz CT molecular complexity index is 996. The van der Waals surface area contributed by atoms with Crippen LogP contribution in [-0.2, 0) is 9.59 Å². The van der Waals surface area contributed by atoms with Gasteiger partial charge in [0.2, 0.25) is 5.95 Å². The van der Waals surface area contributed by atoms with E-state index in [0.29, 0.717) is 5.69 Å². The van der Waals surface area contributed by atoms with E-state index in [1.807, 2.05) is 19.9 Å². The van der Waals surface area contributed by atoms with Crippen molar-refractivity contribution in [3.8, 4) is 0 Å². The minimum atomic E-state index is -0.643. The Morgan fingerprint density at radius 3 is 2.56 bits per heavy atom. The summed E-state index contributed by atoms with van der Waals surface area (Å²) in [5.74, 6) is -1.40. The Hall–Kier alpha value is -3.13. The van der Waals surface area contributed by atoms with Crippen LogP contribution in [0.2, 0.25) is 5.15 Å². The first kappa shape index (κ1) is 16.7. The number of nitrogen functional groups attached to an aromatic ring is 1. The summed E-state index contributed by atoms with van der Waals surface area (Å²) in [6.45, 7) is 3.84. The van der Waals surface area contributed by atoms with Crippen molar-refractivity contribution in [1.29, 1.82) is 0 Å². The van der Waals surface area contributed by atoms with Gasteiger partial charge >= 0.3 is 0 Å². The average molecular weight is 360 g/mol. The molecule has 2 heterocycles. The molecule has 0 atom stereocenters. The van der Waals surface area contributed by atoms with Gasteiger partial charge in [0.05, 0.1) is 11.3 Å². The summed E-state index contributed by atoms with van der Waals surface area (Å²) < 4.78 is 0. The molecule has 0 unspecified atom stereocenters. The Kier molecular flexibility index (Phi) is 4.05. The molecule has 0 bridgehead atoms. The number of anilines is 2. The van der Waals surface area contributed by atoms with Crippen LogP contribution in [-0.4, -0.2) is 21.8 Å². The van der Waals surface area contributed by atoms with E-state index in [1.165, 1.54) is 0 Å². The normalized spacial score (nSPS) is 15.8. The summed E-state index contributed by atoms with van der Waals surface area (Å²) in [4.78, 5) is 42.7. The first-order valence-electron chi connectivity index (χ1n) is 7.27. The Balaban J connectivity index is 2.02. The van der Waals surface area contributed by atoms with Gasteiger partial charge in [-0.1, -0.05) is 17.7 Å². The summed E-state index contributed by atoms with van der Waals surface area (Å²) in [7, 11) is 0. The maximum atomic E-state index is 12.6. The van der Waals surface area contributed by atoms with Crippen molar-refractivity contribution in [1.82, 2.24) is 15.4 Å². The van der Waals surface area contributed by atoms with Gasteiger partial charge in [-0.15, -0.1) is 0 Å². The van der Waals surface area contributed by atoms with Crippen LogP contribution in [0.1, 0.15) is 16.7 Å². The third kappa shape index (κ3) is 2.99. The highest BCUT2D eigenvalue weighted by molar-refractivity contribution is 6.34. The number of nitrogens with one attached hydrogen (secondary N) is 2. The summed E-state index contributed by atoms with van der Waals surface area (Å²) in [5, 5.41) is 0.923. The molecule has 1 fully saturated rings. The fraction of sp³-hybridized carbons (Fsp3) is 0.125. The largest absolute Gasteiger partial charge is 0.369 e. The van der Waals surface area contributed by atoms with E-state index in [0.717, 1.165) is 22.2 Å². The van der Waals surface area contributed by atoms with Gasteiger partial charge in [-0.2, -0.15) is 0 Å². The lowest BCUT2D eigenvalue weighted by Crippen LogP contribution is -2.35. The number of hydrazine groups is 1. The minimum Gasteiger partial charge on any atom is -0.369 e. The number of hydrogen-bond acceptors (Lipinski definition) is 5. The van der Waals surface area contributed by atoms with E-state index in [-0.39, 0.29) is 22.2 Å². The molecule has 2 amide bonds. The second kappa shape index (κ2) is 6.06. The molecule has 0 spiro atoms. The first-order valence-corrected chi connectivity index (χ1v) is 7.65. The monoisotopic (exact) mass is 359 g/mol. The van der Waals surface area contributed by atoms with Gasteiger partial charge < -0.3 is 5.73 Å². The number of H-pyrrole nitrogens is 1. The lowest BCUT2D eigenvalue weighted by atomic mass is 10.1. The van der Waals surface area contributed by atoms with Gasteiger partial charge in [-0.05, 0) is 43.2 Å². The first-order chi connectivity index (χ1) is 11.8. The highest BCUT2D eigenvalue weighted by Gasteiger charge is 2.35. The maximum Gasteiger partial charge on any atom is 0.282 e. The molecule has 0 saturated carbocycles. The van der Waals surface area contributed by atoms with E-state index in [4.69, 9.17) is 17.3 Å². The second-order valence-corrected chi connectivity index (χ2v) is 5.92. The average Bonchev–Trinajstić information content (AvgIpc) is 2.81. The highest BCUT2D eigenvalue weighted by atomic mass is 35.5. The lowest BCUT2D eigenvalue weighted by molar-refractivity contribution is -0.117. The SMILES string of the molecule is Cc1ccc(N2NC(=O)/C(=C/c3c(Cl)nc(N)[nH]c3=O)C2=O)cc1C. The number of carbonyl (C=O) groups is 2. The number of nitrogens with zero attached hydrogens (tertiary/aromatic N) is 2. The summed E-state index contributed by atoms with van der Waals surface area (Å²) in [6.07, 6.45) is 1.10. The quantitative estimate of drug-likeness (QED) is 0.421. The molecule has 1 aliphatic rings. The smallest absolute Gasteiger partial charge is 0.282 e. The number of nitrogens with two attached hydrogens (primary N) is 1. The maximum absolute atomic E-state index is 12.6. The van der Waals surface area contributed by atoms with Crippen molar-refractivity contribution in [2.24, 2.45) is 0 Å². The standard InChI is InChI=1S/C16H14ClN5O3/c1-7-3-4-9(5-8(7)2)22-15(25)11(14(24)21-22)6-10-12(17)19-16(18)20-13(10)23/h3-6H,1-2H3,(H,21,24)(H3,18,19,20,23)/b11-6-. The summed E-state index contributed by atoms with van der Waals surface area (Å²) >= 11 is 5.89. The molecule has 1 aliphatic heterocycles. The van der Waals surface area contributed by atoms with Crippen LogP contribution >= 0.6 is 11.6 Å². The number of amides is 2. The molecule has 1 aromatic carbocycles. The molecule has 0 radical (unpaired) electrons. The summed E-state index contributed by atoms with van der Waals surface area (Å²) in [5.41, 5.74) is 9.41. The molecule has 4 N–H and O–H groups in total. The van der Waals surface area contributed by atoms with Crippen molar-refractivity contribution in [3.63, 3.8) is 0 Å². The molecule has 3 rings (SSSR count). The number of rotatable bonds is 2. The minimum absolute atomic E-state index is 0.115. The van der Waals surface area contributed by atoms with Crippen LogP contribution in [0, 0.1) is 13.8 Å². The molecule has 2 aromatic rings.